The Morgan fingerprint density at radius 3 is 2.78 bits per heavy atom. The molecule has 0 fully saturated rings. The summed E-state index contributed by atoms with van der Waals surface area (Å²) in [5.41, 5.74) is 1.77. The van der Waals surface area contributed by atoms with E-state index in [9.17, 15) is 8.78 Å². The molecule has 1 aromatic heterocycles. The number of hydrogen-bond acceptors (Lipinski definition) is 2. The Kier molecular flexibility index (Phi) is 3.72. The smallest absolute Gasteiger partial charge is 0.135 e. The van der Waals surface area contributed by atoms with Crippen LogP contribution < -0.4 is 5.32 Å². The van der Waals surface area contributed by atoms with Gasteiger partial charge in [0, 0.05) is 29.8 Å². The number of benzene rings is 1. The monoisotopic (exact) mass is 251 g/mol. The van der Waals surface area contributed by atoms with Crippen LogP contribution in [0.3, 0.4) is 0 Å². The molecule has 0 amide bonds. The molecule has 0 saturated heterocycles. The molecule has 0 atom stereocenters. The first-order valence-electron chi connectivity index (χ1n) is 5.79. The fraction of sp³-hybridized carbons (Fsp3) is 0.308. The predicted octanol–water partition coefficient (Wildman–Crippen LogP) is 2.85. The van der Waals surface area contributed by atoms with Crippen molar-refractivity contribution in [2.75, 3.05) is 0 Å². The van der Waals surface area contributed by atoms with Gasteiger partial charge >= 0.3 is 0 Å². The molecule has 3 nitrogen and oxygen atoms in total. The zero-order valence-corrected chi connectivity index (χ0v) is 10.3. The quantitative estimate of drug-likeness (QED) is 0.877. The van der Waals surface area contributed by atoms with Gasteiger partial charge in [-0.3, -0.25) is 5.10 Å². The Labute approximate surface area is 104 Å². The first-order valence-corrected chi connectivity index (χ1v) is 5.79. The fourth-order valence-corrected chi connectivity index (χ4v) is 1.68. The van der Waals surface area contributed by atoms with Gasteiger partial charge in [-0.1, -0.05) is 13.8 Å². The van der Waals surface area contributed by atoms with Crippen molar-refractivity contribution in [3.8, 4) is 11.3 Å². The number of aromatic amines is 1. The Morgan fingerprint density at radius 1 is 1.33 bits per heavy atom. The van der Waals surface area contributed by atoms with E-state index in [4.69, 9.17) is 0 Å². The van der Waals surface area contributed by atoms with Gasteiger partial charge in [-0.2, -0.15) is 5.10 Å². The largest absolute Gasteiger partial charge is 0.310 e. The number of halogens is 2. The van der Waals surface area contributed by atoms with E-state index in [-0.39, 0.29) is 0 Å². The number of H-pyrrole nitrogens is 1. The lowest BCUT2D eigenvalue weighted by atomic mass is 10.1. The van der Waals surface area contributed by atoms with Crippen molar-refractivity contribution in [1.29, 1.82) is 0 Å². The van der Waals surface area contributed by atoms with Crippen molar-refractivity contribution in [3.05, 3.63) is 41.6 Å². The van der Waals surface area contributed by atoms with Gasteiger partial charge in [0.15, 0.2) is 0 Å². The van der Waals surface area contributed by atoms with Crippen molar-refractivity contribution in [2.45, 2.75) is 26.4 Å². The average molecular weight is 251 g/mol. The second kappa shape index (κ2) is 5.27. The Balaban J connectivity index is 2.30. The van der Waals surface area contributed by atoms with Crippen LogP contribution in [-0.4, -0.2) is 16.2 Å². The molecule has 1 heterocycles. The van der Waals surface area contributed by atoms with Crippen molar-refractivity contribution < 1.29 is 8.78 Å². The molecule has 0 bridgehead atoms. The SMILES string of the molecule is CC(C)NCc1cn[nH]c1-c1ccc(F)cc1F. The number of hydrogen-bond donors (Lipinski definition) is 2. The number of rotatable bonds is 4. The van der Waals surface area contributed by atoms with Crippen molar-refractivity contribution in [1.82, 2.24) is 15.5 Å². The maximum absolute atomic E-state index is 13.7. The summed E-state index contributed by atoms with van der Waals surface area (Å²) in [5, 5.41) is 9.90. The van der Waals surface area contributed by atoms with Crippen molar-refractivity contribution in [3.63, 3.8) is 0 Å². The first kappa shape index (κ1) is 12.7. The Morgan fingerprint density at radius 2 is 2.11 bits per heavy atom. The third-order valence-electron chi connectivity index (χ3n) is 2.62. The highest BCUT2D eigenvalue weighted by molar-refractivity contribution is 5.63. The molecular weight excluding hydrogens is 236 g/mol. The zero-order valence-electron chi connectivity index (χ0n) is 10.3. The summed E-state index contributed by atoms with van der Waals surface area (Å²) >= 11 is 0. The van der Waals surface area contributed by atoms with Gasteiger partial charge in [0.05, 0.1) is 11.9 Å². The van der Waals surface area contributed by atoms with E-state index in [2.05, 4.69) is 15.5 Å². The van der Waals surface area contributed by atoms with E-state index < -0.39 is 11.6 Å². The van der Waals surface area contributed by atoms with Crippen LogP contribution in [0.1, 0.15) is 19.4 Å². The number of nitrogens with one attached hydrogen (secondary N) is 2. The van der Waals surface area contributed by atoms with Crippen LogP contribution >= 0.6 is 0 Å². The van der Waals surface area contributed by atoms with Crippen LogP contribution in [0.4, 0.5) is 8.78 Å². The summed E-state index contributed by atoms with van der Waals surface area (Å²) in [4.78, 5) is 0. The Hall–Kier alpha value is -1.75. The van der Waals surface area contributed by atoms with Crippen LogP contribution in [0, 0.1) is 11.6 Å². The van der Waals surface area contributed by atoms with Gasteiger partial charge < -0.3 is 5.32 Å². The van der Waals surface area contributed by atoms with Crippen LogP contribution in [-0.2, 0) is 6.54 Å². The lowest BCUT2D eigenvalue weighted by Crippen LogP contribution is -2.21. The average Bonchev–Trinajstić information content (AvgIpc) is 2.74. The highest BCUT2D eigenvalue weighted by Crippen LogP contribution is 2.24. The maximum Gasteiger partial charge on any atom is 0.135 e. The van der Waals surface area contributed by atoms with E-state index in [1.165, 1.54) is 12.1 Å². The van der Waals surface area contributed by atoms with Crippen molar-refractivity contribution >= 4 is 0 Å². The third kappa shape index (κ3) is 2.73. The highest BCUT2D eigenvalue weighted by Gasteiger charge is 2.12. The van der Waals surface area contributed by atoms with E-state index in [0.717, 1.165) is 11.6 Å². The molecule has 0 saturated carbocycles. The third-order valence-corrected chi connectivity index (χ3v) is 2.62. The normalized spacial score (nSPS) is 11.2. The first-order chi connectivity index (χ1) is 8.58. The molecule has 1 aromatic carbocycles. The Bertz CT molecular complexity index is 535. The summed E-state index contributed by atoms with van der Waals surface area (Å²) < 4.78 is 26.5. The molecule has 5 heteroatoms. The summed E-state index contributed by atoms with van der Waals surface area (Å²) in [5.74, 6) is -1.18. The second-order valence-electron chi connectivity index (χ2n) is 4.43. The van der Waals surface area contributed by atoms with Gasteiger partial charge in [0.25, 0.3) is 0 Å². The van der Waals surface area contributed by atoms with Crippen LogP contribution in [0.2, 0.25) is 0 Å². The molecule has 2 rings (SSSR count). The van der Waals surface area contributed by atoms with E-state index in [1.807, 2.05) is 13.8 Å². The molecule has 0 radical (unpaired) electrons. The predicted molar refractivity (Wildman–Crippen MR) is 65.9 cm³/mol. The van der Waals surface area contributed by atoms with Gasteiger partial charge in [-0.05, 0) is 12.1 Å². The molecule has 2 N–H and O–H groups in total. The standard InChI is InChI=1S/C13H15F2N3/c1-8(2)16-6-9-7-17-18-13(9)11-4-3-10(14)5-12(11)15/h3-5,7-8,16H,6H2,1-2H3,(H,17,18). The van der Waals surface area contributed by atoms with E-state index in [0.29, 0.717) is 23.8 Å². The van der Waals surface area contributed by atoms with Gasteiger partial charge in [-0.25, -0.2) is 8.78 Å². The van der Waals surface area contributed by atoms with E-state index >= 15 is 0 Å². The van der Waals surface area contributed by atoms with Gasteiger partial charge in [0.1, 0.15) is 11.6 Å². The molecular formula is C13H15F2N3. The van der Waals surface area contributed by atoms with Crippen LogP contribution in [0.5, 0.6) is 0 Å². The maximum atomic E-state index is 13.7. The van der Waals surface area contributed by atoms with Crippen molar-refractivity contribution in [2.24, 2.45) is 0 Å². The molecule has 18 heavy (non-hydrogen) atoms. The summed E-state index contributed by atoms with van der Waals surface area (Å²) in [7, 11) is 0. The summed E-state index contributed by atoms with van der Waals surface area (Å²) in [6.07, 6.45) is 1.65. The number of aromatic nitrogens is 2. The molecule has 0 aliphatic carbocycles. The molecule has 96 valence electrons. The second-order valence-corrected chi connectivity index (χ2v) is 4.43. The minimum Gasteiger partial charge on any atom is -0.310 e. The minimum absolute atomic E-state index is 0.325. The van der Waals surface area contributed by atoms with Gasteiger partial charge in [-0.15, -0.1) is 0 Å². The fourth-order valence-electron chi connectivity index (χ4n) is 1.68. The molecule has 0 aliphatic rings. The highest BCUT2D eigenvalue weighted by atomic mass is 19.1. The summed E-state index contributed by atoms with van der Waals surface area (Å²) in [6.45, 7) is 4.64. The van der Waals surface area contributed by atoms with Gasteiger partial charge in [0.2, 0.25) is 0 Å². The van der Waals surface area contributed by atoms with E-state index in [1.54, 1.807) is 6.20 Å². The zero-order chi connectivity index (χ0) is 13.1. The molecule has 0 aliphatic heterocycles. The lowest BCUT2D eigenvalue weighted by Gasteiger charge is -2.08. The molecule has 0 spiro atoms. The minimum atomic E-state index is -0.593. The number of nitrogens with zero attached hydrogens (tertiary/aromatic N) is 1. The lowest BCUT2D eigenvalue weighted by molar-refractivity contribution is 0.582. The topological polar surface area (TPSA) is 40.7 Å². The van der Waals surface area contributed by atoms with Crippen LogP contribution in [0.15, 0.2) is 24.4 Å². The molecule has 2 aromatic rings. The van der Waals surface area contributed by atoms with Crippen LogP contribution in [0.25, 0.3) is 11.3 Å². The molecule has 0 unspecified atom stereocenters. The summed E-state index contributed by atoms with van der Waals surface area (Å²) in [6, 6.07) is 3.84.